The molecule has 0 aromatic rings. The number of hydrogen-bond acceptors (Lipinski definition) is 2. The molecule has 0 bridgehead atoms. The van der Waals surface area contributed by atoms with E-state index in [1.807, 2.05) is 0 Å². The Morgan fingerprint density at radius 1 is 0.464 bits per heavy atom. The highest BCUT2D eigenvalue weighted by molar-refractivity contribution is 4.96. The van der Waals surface area contributed by atoms with Crippen molar-refractivity contribution in [1.29, 1.82) is 0 Å². The summed E-state index contributed by atoms with van der Waals surface area (Å²) in [7, 11) is 0. The van der Waals surface area contributed by atoms with E-state index < -0.39 is 0 Å². The van der Waals surface area contributed by atoms with E-state index in [-0.39, 0.29) is 0 Å². The highest BCUT2D eigenvalue weighted by Gasteiger charge is 2.24. The third kappa shape index (κ3) is 12.0. The molecule has 1 unspecified atom stereocenters. The average Bonchev–Trinajstić information content (AvgIpc) is 3.09. The second-order valence-corrected chi connectivity index (χ2v) is 8.99. The lowest BCUT2D eigenvalue weighted by molar-refractivity contribution is 0.135. The molecule has 1 atom stereocenters. The summed E-state index contributed by atoms with van der Waals surface area (Å²) < 4.78 is 0. The Bertz CT molecular complexity index is 352. The maximum Gasteiger partial charge on any atom is 0.101 e. The Hall–Kier alpha value is -0.660. The number of unbranched alkanes of at least 4 members (excludes halogenated alkanes) is 14. The van der Waals surface area contributed by atoms with Crippen LogP contribution in [0.1, 0.15) is 136 Å². The van der Waals surface area contributed by atoms with Crippen molar-refractivity contribution < 1.29 is 0 Å². The Labute approximate surface area is 178 Å². The summed E-state index contributed by atoms with van der Waals surface area (Å²) in [6.45, 7) is 9.44. The van der Waals surface area contributed by atoms with Crippen LogP contribution in [0.4, 0.5) is 0 Å². The molecule has 0 aromatic heterocycles. The van der Waals surface area contributed by atoms with E-state index in [0.717, 1.165) is 0 Å². The fraction of sp³-hybridized carbons (Fsp3) is 0.923. The Morgan fingerprint density at radius 2 is 0.821 bits per heavy atom. The molecule has 1 rings (SSSR count). The summed E-state index contributed by atoms with van der Waals surface area (Å²) in [6.07, 6.45) is 30.6. The molecule has 2 nitrogen and oxygen atoms in total. The van der Waals surface area contributed by atoms with Crippen molar-refractivity contribution in [2.45, 2.75) is 143 Å². The summed E-state index contributed by atoms with van der Waals surface area (Å²) in [5, 5.41) is 0. The molecule has 0 fully saturated rings. The molecule has 0 saturated carbocycles. The summed E-state index contributed by atoms with van der Waals surface area (Å²) in [5.74, 6) is 0. The lowest BCUT2D eigenvalue weighted by Crippen LogP contribution is -2.39. The molecule has 28 heavy (non-hydrogen) atoms. The quantitative estimate of drug-likeness (QED) is 0.192. The van der Waals surface area contributed by atoms with E-state index in [0.29, 0.717) is 6.17 Å². The van der Waals surface area contributed by atoms with Gasteiger partial charge in [0, 0.05) is 25.5 Å². The largest absolute Gasteiger partial charge is 0.356 e. The van der Waals surface area contributed by atoms with Crippen LogP contribution < -0.4 is 0 Å². The first kappa shape index (κ1) is 25.4. The second-order valence-electron chi connectivity index (χ2n) is 8.99. The molecule has 0 amide bonds. The molecule has 0 radical (unpaired) electrons. The van der Waals surface area contributed by atoms with Gasteiger partial charge in [0.1, 0.15) is 6.17 Å². The van der Waals surface area contributed by atoms with E-state index in [1.54, 1.807) is 0 Å². The fourth-order valence-electron chi connectivity index (χ4n) is 4.42. The van der Waals surface area contributed by atoms with Crippen molar-refractivity contribution >= 4 is 0 Å². The minimum absolute atomic E-state index is 0.646. The molecule has 0 spiro atoms. The Morgan fingerprint density at radius 3 is 1.25 bits per heavy atom. The van der Waals surface area contributed by atoms with Crippen molar-refractivity contribution in [2.75, 3.05) is 13.1 Å². The highest BCUT2D eigenvalue weighted by atomic mass is 15.4. The summed E-state index contributed by atoms with van der Waals surface area (Å²) in [5.41, 5.74) is 0. The zero-order chi connectivity index (χ0) is 20.3. The first-order valence-corrected chi connectivity index (χ1v) is 13.0. The van der Waals surface area contributed by atoms with Crippen LogP contribution in [0.25, 0.3) is 0 Å². The molecule has 2 heteroatoms. The third-order valence-corrected chi connectivity index (χ3v) is 6.32. The highest BCUT2D eigenvalue weighted by Crippen LogP contribution is 2.23. The van der Waals surface area contributed by atoms with Gasteiger partial charge in [0.25, 0.3) is 0 Å². The number of rotatable bonds is 20. The van der Waals surface area contributed by atoms with Crippen molar-refractivity contribution in [2.24, 2.45) is 0 Å². The van der Waals surface area contributed by atoms with Crippen LogP contribution >= 0.6 is 0 Å². The summed E-state index contributed by atoms with van der Waals surface area (Å²) in [6, 6.07) is 0. The molecular weight excluding hydrogens is 340 g/mol. The van der Waals surface area contributed by atoms with Gasteiger partial charge in [-0.2, -0.15) is 0 Å². The Kier molecular flexibility index (Phi) is 16.7. The molecule has 0 aliphatic carbocycles. The molecular formula is C26H52N2. The van der Waals surface area contributed by atoms with E-state index in [1.165, 1.54) is 129 Å². The minimum atomic E-state index is 0.646. The van der Waals surface area contributed by atoms with E-state index in [4.69, 9.17) is 0 Å². The van der Waals surface area contributed by atoms with Gasteiger partial charge in [-0.1, -0.05) is 111 Å². The number of nitrogens with zero attached hydrogens (tertiary/aromatic N) is 2. The van der Waals surface area contributed by atoms with Gasteiger partial charge in [-0.05, 0) is 25.7 Å². The van der Waals surface area contributed by atoms with E-state index >= 15 is 0 Å². The van der Waals surface area contributed by atoms with Gasteiger partial charge in [-0.25, -0.2) is 0 Å². The normalized spacial score (nSPS) is 16.5. The molecule has 0 aromatic carbocycles. The van der Waals surface area contributed by atoms with Gasteiger partial charge < -0.3 is 9.80 Å². The molecule has 1 aliphatic heterocycles. The van der Waals surface area contributed by atoms with Crippen molar-refractivity contribution in [1.82, 2.24) is 9.80 Å². The molecule has 166 valence electrons. The zero-order valence-corrected chi connectivity index (χ0v) is 19.8. The topological polar surface area (TPSA) is 6.48 Å². The molecule has 1 aliphatic rings. The van der Waals surface area contributed by atoms with Gasteiger partial charge in [0.05, 0.1) is 0 Å². The maximum absolute atomic E-state index is 2.66. The van der Waals surface area contributed by atoms with Gasteiger partial charge in [-0.3, -0.25) is 0 Å². The summed E-state index contributed by atoms with van der Waals surface area (Å²) in [4.78, 5) is 5.32. The van der Waals surface area contributed by atoms with E-state index in [9.17, 15) is 0 Å². The molecule has 0 saturated heterocycles. The van der Waals surface area contributed by atoms with E-state index in [2.05, 4.69) is 43.0 Å². The fourth-order valence-corrected chi connectivity index (χ4v) is 4.42. The van der Waals surface area contributed by atoms with Crippen LogP contribution in [-0.2, 0) is 0 Å². The second kappa shape index (κ2) is 18.4. The maximum atomic E-state index is 2.66. The van der Waals surface area contributed by atoms with Crippen molar-refractivity contribution in [3.8, 4) is 0 Å². The monoisotopic (exact) mass is 392 g/mol. The Balaban J connectivity index is 2.26. The van der Waals surface area contributed by atoms with Crippen LogP contribution in [0.2, 0.25) is 0 Å². The van der Waals surface area contributed by atoms with Gasteiger partial charge >= 0.3 is 0 Å². The first-order valence-electron chi connectivity index (χ1n) is 13.0. The zero-order valence-electron chi connectivity index (χ0n) is 19.8. The lowest BCUT2D eigenvalue weighted by Gasteiger charge is -2.33. The lowest BCUT2D eigenvalue weighted by atomic mass is 10.1. The van der Waals surface area contributed by atoms with Crippen LogP contribution in [0.3, 0.4) is 0 Å². The average molecular weight is 393 g/mol. The first-order chi connectivity index (χ1) is 13.8. The third-order valence-electron chi connectivity index (χ3n) is 6.32. The standard InChI is InChI=1S/C26H52N2/c1-4-7-10-13-14-15-17-20-23-28-25-24-27(22-19-16-11-8-5-2)26(28)21-18-12-9-6-3/h24-26H,4-23H2,1-3H3. The van der Waals surface area contributed by atoms with Crippen molar-refractivity contribution in [3.05, 3.63) is 12.4 Å². The van der Waals surface area contributed by atoms with Crippen LogP contribution in [-0.4, -0.2) is 29.1 Å². The predicted octanol–water partition coefficient (Wildman–Crippen LogP) is 8.48. The SMILES string of the molecule is CCCCCCCCCCN1C=CN(CCCCCCC)C1CCCCCC. The van der Waals surface area contributed by atoms with Crippen molar-refractivity contribution in [3.63, 3.8) is 0 Å². The molecule has 1 heterocycles. The smallest absolute Gasteiger partial charge is 0.101 e. The van der Waals surface area contributed by atoms with Crippen LogP contribution in [0.15, 0.2) is 12.4 Å². The minimum Gasteiger partial charge on any atom is -0.356 e. The number of hydrogen-bond donors (Lipinski definition) is 0. The van der Waals surface area contributed by atoms with Crippen LogP contribution in [0.5, 0.6) is 0 Å². The predicted molar refractivity (Wildman–Crippen MR) is 126 cm³/mol. The summed E-state index contributed by atoms with van der Waals surface area (Å²) >= 11 is 0. The van der Waals surface area contributed by atoms with Gasteiger partial charge in [0.15, 0.2) is 0 Å². The van der Waals surface area contributed by atoms with Gasteiger partial charge in [-0.15, -0.1) is 0 Å². The van der Waals surface area contributed by atoms with Crippen LogP contribution in [0, 0.1) is 0 Å². The van der Waals surface area contributed by atoms with Gasteiger partial charge in [0.2, 0.25) is 0 Å². The molecule has 0 N–H and O–H groups in total.